The minimum absolute atomic E-state index is 0.0648. The highest BCUT2D eigenvalue weighted by Gasteiger charge is 2.38. The third-order valence-electron chi connectivity index (χ3n) is 6.42. The second-order valence-electron chi connectivity index (χ2n) is 8.34. The van der Waals surface area contributed by atoms with Crippen LogP contribution in [-0.2, 0) is 14.8 Å². The largest absolute Gasteiger partial charge is 0.306 e. The van der Waals surface area contributed by atoms with Gasteiger partial charge in [-0.3, -0.25) is 10.0 Å². The Kier molecular flexibility index (Phi) is 7.73. The molecule has 2 saturated heterocycles. The molecule has 30 heavy (non-hydrogen) atoms. The first-order chi connectivity index (χ1) is 14.2. The van der Waals surface area contributed by atoms with Gasteiger partial charge in [0, 0.05) is 18.1 Å². The van der Waals surface area contributed by atoms with Crippen molar-refractivity contribution in [2.24, 2.45) is 11.8 Å². The molecule has 1 atom stereocenters. The third-order valence-corrected chi connectivity index (χ3v) is 8.68. The van der Waals surface area contributed by atoms with E-state index in [0.717, 1.165) is 31.5 Å². The van der Waals surface area contributed by atoms with Gasteiger partial charge in [0.05, 0.1) is 11.7 Å². The lowest BCUT2D eigenvalue weighted by Gasteiger charge is -2.35. The van der Waals surface area contributed by atoms with Crippen molar-refractivity contribution < 1.29 is 22.8 Å². The molecule has 168 valence electrons. The van der Waals surface area contributed by atoms with Crippen LogP contribution in [0.2, 0.25) is 5.02 Å². The molecule has 2 N–H and O–H groups in total. The Balaban J connectivity index is 1.65. The van der Waals surface area contributed by atoms with Crippen LogP contribution in [0.4, 0.5) is 4.39 Å². The minimum Gasteiger partial charge on any atom is -0.306 e. The van der Waals surface area contributed by atoms with E-state index in [4.69, 9.17) is 16.8 Å². The van der Waals surface area contributed by atoms with Gasteiger partial charge in [-0.1, -0.05) is 17.7 Å². The van der Waals surface area contributed by atoms with Crippen LogP contribution in [-0.4, -0.2) is 67.7 Å². The Morgan fingerprint density at radius 3 is 2.43 bits per heavy atom. The highest BCUT2D eigenvalue weighted by molar-refractivity contribution is 7.89. The Bertz CT molecular complexity index is 854. The molecule has 0 saturated carbocycles. The van der Waals surface area contributed by atoms with Gasteiger partial charge in [0.2, 0.25) is 15.9 Å². The van der Waals surface area contributed by atoms with Gasteiger partial charge >= 0.3 is 0 Å². The summed E-state index contributed by atoms with van der Waals surface area (Å²) in [7, 11) is -1.68. The second-order valence-corrected chi connectivity index (χ2v) is 10.8. The first kappa shape index (κ1) is 23.4. The quantitative estimate of drug-likeness (QED) is 0.501. The highest BCUT2D eigenvalue weighted by Crippen LogP contribution is 2.35. The summed E-state index contributed by atoms with van der Waals surface area (Å²) in [6.45, 7) is 2.23. The number of hydroxylamine groups is 1. The maximum absolute atomic E-state index is 13.3. The number of benzene rings is 1. The topological polar surface area (TPSA) is 90.0 Å². The molecule has 1 amide bonds. The van der Waals surface area contributed by atoms with Crippen LogP contribution in [0, 0.1) is 17.7 Å². The molecular weight excluding hydrogens is 433 g/mol. The van der Waals surface area contributed by atoms with E-state index < -0.39 is 27.7 Å². The molecule has 10 heteroatoms. The number of rotatable bonds is 6. The number of carbonyl (C=O) groups is 1. The van der Waals surface area contributed by atoms with Crippen molar-refractivity contribution in [3.8, 4) is 0 Å². The van der Waals surface area contributed by atoms with Crippen molar-refractivity contribution in [3.05, 3.63) is 34.6 Å². The van der Waals surface area contributed by atoms with E-state index in [9.17, 15) is 17.6 Å². The van der Waals surface area contributed by atoms with E-state index in [0.29, 0.717) is 31.0 Å². The number of carbonyl (C=O) groups excluding carboxylic acids is 1. The average molecular weight is 462 g/mol. The highest BCUT2D eigenvalue weighted by atomic mass is 35.5. The van der Waals surface area contributed by atoms with Crippen LogP contribution in [0.25, 0.3) is 0 Å². The van der Waals surface area contributed by atoms with Gasteiger partial charge in [-0.05, 0) is 75.4 Å². The average Bonchev–Trinajstić information content (AvgIpc) is 2.72. The number of likely N-dealkylation sites (tertiary alicyclic amines) is 1. The molecule has 3 rings (SSSR count). The van der Waals surface area contributed by atoms with Gasteiger partial charge in [0.25, 0.3) is 0 Å². The zero-order chi connectivity index (χ0) is 21.9. The van der Waals surface area contributed by atoms with Gasteiger partial charge in [-0.25, -0.2) is 22.6 Å². The fourth-order valence-electron chi connectivity index (χ4n) is 4.55. The predicted molar refractivity (Wildman–Crippen MR) is 112 cm³/mol. The molecule has 0 spiro atoms. The van der Waals surface area contributed by atoms with Crippen LogP contribution < -0.4 is 5.48 Å². The summed E-state index contributed by atoms with van der Waals surface area (Å²) in [4.78, 5) is 14.4. The molecule has 1 aromatic carbocycles. The number of piperidine rings is 2. The molecule has 0 radical (unpaired) electrons. The van der Waals surface area contributed by atoms with E-state index >= 15 is 0 Å². The lowest BCUT2D eigenvalue weighted by atomic mass is 9.85. The van der Waals surface area contributed by atoms with Crippen LogP contribution in [0.5, 0.6) is 0 Å². The SMILES string of the molecule is CN1CCC(C(CS(=O)(=O)N2CCC(c3ccc(F)cc3Cl)CC2)C(=O)NO)CC1. The number of amides is 1. The molecule has 0 aromatic heterocycles. The number of sulfonamides is 1. The van der Waals surface area contributed by atoms with Crippen molar-refractivity contribution >= 4 is 27.5 Å². The lowest BCUT2D eigenvalue weighted by molar-refractivity contribution is -0.135. The standard InChI is InChI=1S/C20H29ClFN3O4S/c1-24-8-4-15(5-9-24)18(20(26)23-27)13-30(28,29)25-10-6-14(7-11-25)17-3-2-16(22)12-19(17)21/h2-3,12,14-15,18,27H,4-11,13H2,1H3,(H,23,26). The second kappa shape index (κ2) is 9.91. The van der Waals surface area contributed by atoms with Gasteiger partial charge < -0.3 is 4.90 Å². The Hall–Kier alpha value is -1.26. The molecule has 2 aliphatic heterocycles. The third kappa shape index (κ3) is 5.50. The Morgan fingerprint density at radius 1 is 1.23 bits per heavy atom. The molecule has 1 aromatic rings. The smallest absolute Gasteiger partial charge is 0.247 e. The van der Waals surface area contributed by atoms with Crippen molar-refractivity contribution in [3.63, 3.8) is 0 Å². The lowest BCUT2D eigenvalue weighted by Crippen LogP contribution is -2.46. The maximum Gasteiger partial charge on any atom is 0.247 e. The van der Waals surface area contributed by atoms with E-state index in [1.54, 1.807) is 11.5 Å². The first-order valence-corrected chi connectivity index (χ1v) is 12.2. The van der Waals surface area contributed by atoms with Crippen molar-refractivity contribution in [2.75, 3.05) is 39.0 Å². The summed E-state index contributed by atoms with van der Waals surface area (Å²) in [6.07, 6.45) is 2.59. The van der Waals surface area contributed by atoms with E-state index in [1.807, 2.05) is 7.05 Å². The fraction of sp³-hybridized carbons (Fsp3) is 0.650. The number of nitrogens with one attached hydrogen (secondary N) is 1. The molecule has 7 nitrogen and oxygen atoms in total. The summed E-state index contributed by atoms with van der Waals surface area (Å²) in [5.41, 5.74) is 2.49. The van der Waals surface area contributed by atoms with Gasteiger partial charge in [0.1, 0.15) is 5.82 Å². The van der Waals surface area contributed by atoms with Crippen LogP contribution in [0.3, 0.4) is 0 Å². The summed E-state index contributed by atoms with van der Waals surface area (Å²) in [6, 6.07) is 4.30. The zero-order valence-electron chi connectivity index (χ0n) is 17.1. The monoisotopic (exact) mass is 461 g/mol. The van der Waals surface area contributed by atoms with E-state index in [2.05, 4.69) is 4.90 Å². The molecule has 2 fully saturated rings. The van der Waals surface area contributed by atoms with Crippen LogP contribution in [0.15, 0.2) is 18.2 Å². The van der Waals surface area contributed by atoms with Gasteiger partial charge in [-0.2, -0.15) is 0 Å². The van der Waals surface area contributed by atoms with Gasteiger partial charge in [0.15, 0.2) is 0 Å². The summed E-state index contributed by atoms with van der Waals surface area (Å²) >= 11 is 6.16. The summed E-state index contributed by atoms with van der Waals surface area (Å²) < 4.78 is 40.8. The van der Waals surface area contributed by atoms with Crippen LogP contribution in [0.1, 0.15) is 37.2 Å². The zero-order valence-corrected chi connectivity index (χ0v) is 18.6. The number of halogens is 2. The molecule has 2 heterocycles. The predicted octanol–water partition coefficient (Wildman–Crippen LogP) is 2.45. The van der Waals surface area contributed by atoms with Crippen molar-refractivity contribution in [2.45, 2.75) is 31.6 Å². The van der Waals surface area contributed by atoms with E-state index in [-0.39, 0.29) is 17.6 Å². The molecule has 1 unspecified atom stereocenters. The molecule has 0 bridgehead atoms. The van der Waals surface area contributed by atoms with Gasteiger partial charge in [-0.15, -0.1) is 0 Å². The summed E-state index contributed by atoms with van der Waals surface area (Å²) in [5, 5.41) is 9.50. The maximum atomic E-state index is 13.3. The summed E-state index contributed by atoms with van der Waals surface area (Å²) in [5.74, 6) is -2.14. The Morgan fingerprint density at radius 2 is 1.87 bits per heavy atom. The fourth-order valence-corrected chi connectivity index (χ4v) is 6.73. The van der Waals surface area contributed by atoms with E-state index in [1.165, 1.54) is 16.4 Å². The number of hydrogen-bond acceptors (Lipinski definition) is 5. The molecular formula is C20H29ClFN3O4S. The molecule has 0 aliphatic carbocycles. The number of nitrogens with zero attached hydrogens (tertiary/aromatic N) is 2. The molecule has 2 aliphatic rings. The minimum atomic E-state index is -3.67. The Labute approximate surface area is 182 Å². The normalized spacial score (nSPS) is 21.5. The van der Waals surface area contributed by atoms with Crippen molar-refractivity contribution in [1.29, 1.82) is 0 Å². The van der Waals surface area contributed by atoms with Crippen LogP contribution >= 0.6 is 11.6 Å². The number of hydrogen-bond donors (Lipinski definition) is 2. The first-order valence-electron chi connectivity index (χ1n) is 10.3. The van der Waals surface area contributed by atoms with Crippen molar-refractivity contribution in [1.82, 2.24) is 14.7 Å².